The molecule has 1 fully saturated rings. The summed E-state index contributed by atoms with van der Waals surface area (Å²) >= 11 is 12.7. The number of aromatic nitrogens is 1. The van der Waals surface area contributed by atoms with Gasteiger partial charge >= 0.3 is 5.97 Å². The molecule has 0 amide bonds. The van der Waals surface area contributed by atoms with E-state index in [4.69, 9.17) is 42.8 Å². The smallest absolute Gasteiger partial charge is 0.304 e. The number of likely N-dealkylation sites (tertiary alicyclic amines) is 1. The number of halogens is 2. The fourth-order valence-electron chi connectivity index (χ4n) is 5.56. The molecule has 244 valence electrons. The van der Waals surface area contributed by atoms with Crippen molar-refractivity contribution in [1.29, 1.82) is 0 Å². The molecule has 0 spiro atoms. The Morgan fingerprint density at radius 3 is 2.60 bits per heavy atom. The SMILES string of the molecule is COCC1CCN(Cc2cc(O/C3=C/NC=NCC(N(C)CCC(=O)O)CCCCN=C3)nc(-c3cc(Cl)cc(Cl)c3)c2)CC1. The lowest BCUT2D eigenvalue weighted by Gasteiger charge is -2.31. The number of ether oxygens (including phenoxy) is 2. The molecule has 10 nitrogen and oxygen atoms in total. The molecule has 2 aliphatic rings. The number of hydrogen-bond donors (Lipinski definition) is 2. The highest BCUT2D eigenvalue weighted by Gasteiger charge is 2.20. The summed E-state index contributed by atoms with van der Waals surface area (Å²) in [5.74, 6) is 0.738. The van der Waals surface area contributed by atoms with Gasteiger partial charge in [-0.25, -0.2) is 4.98 Å². The van der Waals surface area contributed by atoms with Crippen LogP contribution in [0.5, 0.6) is 5.88 Å². The molecule has 0 bridgehead atoms. The fourth-order valence-corrected chi connectivity index (χ4v) is 6.09. The van der Waals surface area contributed by atoms with E-state index in [1.54, 1.807) is 31.9 Å². The van der Waals surface area contributed by atoms with Crippen molar-refractivity contribution >= 4 is 41.7 Å². The number of likely N-dealkylation sites (N-methyl/N-ethyl adjacent to an activating group) is 1. The van der Waals surface area contributed by atoms with E-state index >= 15 is 0 Å². The predicted octanol–water partition coefficient (Wildman–Crippen LogP) is 5.78. The van der Waals surface area contributed by atoms with Crippen LogP contribution in [0, 0.1) is 5.92 Å². The summed E-state index contributed by atoms with van der Waals surface area (Å²) in [4.78, 5) is 29.5. The molecule has 0 radical (unpaired) electrons. The maximum absolute atomic E-state index is 11.0. The van der Waals surface area contributed by atoms with Gasteiger partial charge in [0.15, 0.2) is 5.76 Å². The molecule has 1 aromatic carbocycles. The molecule has 1 aromatic heterocycles. The quantitative estimate of drug-likeness (QED) is 0.312. The number of pyridine rings is 1. The van der Waals surface area contributed by atoms with E-state index in [1.807, 2.05) is 25.2 Å². The molecule has 4 rings (SSSR count). The van der Waals surface area contributed by atoms with E-state index in [1.165, 1.54) is 0 Å². The van der Waals surface area contributed by atoms with Crippen LogP contribution < -0.4 is 10.1 Å². The van der Waals surface area contributed by atoms with Crippen LogP contribution in [0.4, 0.5) is 0 Å². The van der Waals surface area contributed by atoms with Gasteiger partial charge in [-0.05, 0) is 88.0 Å². The lowest BCUT2D eigenvalue weighted by atomic mass is 9.97. The van der Waals surface area contributed by atoms with Crippen molar-refractivity contribution in [3.8, 4) is 17.1 Å². The monoisotopic (exact) mass is 658 g/mol. The number of rotatable bonds is 11. The summed E-state index contributed by atoms with van der Waals surface area (Å²) in [6.07, 6.45) is 10.1. The Balaban J connectivity index is 1.52. The maximum atomic E-state index is 11.0. The van der Waals surface area contributed by atoms with Crippen molar-refractivity contribution in [2.75, 3.05) is 53.5 Å². The summed E-state index contributed by atoms with van der Waals surface area (Å²) in [6, 6.07) is 9.60. The van der Waals surface area contributed by atoms with Crippen molar-refractivity contribution in [2.24, 2.45) is 15.9 Å². The summed E-state index contributed by atoms with van der Waals surface area (Å²) in [6.45, 7) is 5.27. The van der Waals surface area contributed by atoms with Crippen LogP contribution in [0.3, 0.4) is 0 Å². The molecule has 12 heteroatoms. The van der Waals surface area contributed by atoms with Gasteiger partial charge in [-0.15, -0.1) is 0 Å². The predicted molar refractivity (Wildman–Crippen MR) is 181 cm³/mol. The third-order valence-electron chi connectivity index (χ3n) is 8.06. The molecule has 0 aliphatic carbocycles. The summed E-state index contributed by atoms with van der Waals surface area (Å²) < 4.78 is 11.7. The minimum Gasteiger partial charge on any atom is -0.481 e. The van der Waals surface area contributed by atoms with Gasteiger partial charge in [-0.2, -0.15) is 0 Å². The number of aliphatic imine (C=N–C) groups is 2. The number of aliphatic carboxylic acids is 1. The van der Waals surface area contributed by atoms with E-state index in [9.17, 15) is 4.79 Å². The average Bonchev–Trinajstić information content (AvgIpc) is 3.02. The Morgan fingerprint density at radius 2 is 1.87 bits per heavy atom. The van der Waals surface area contributed by atoms with E-state index in [2.05, 4.69) is 31.2 Å². The second kappa shape index (κ2) is 18.2. The van der Waals surface area contributed by atoms with Crippen molar-refractivity contribution in [2.45, 2.75) is 51.1 Å². The summed E-state index contributed by atoms with van der Waals surface area (Å²) in [5.41, 5.74) is 2.60. The number of carboxylic acids is 1. The minimum atomic E-state index is -0.797. The van der Waals surface area contributed by atoms with Gasteiger partial charge in [0.2, 0.25) is 5.88 Å². The van der Waals surface area contributed by atoms with Gasteiger partial charge in [0.1, 0.15) is 0 Å². The first-order valence-corrected chi connectivity index (χ1v) is 16.3. The van der Waals surface area contributed by atoms with Gasteiger partial charge in [0.05, 0.1) is 31.2 Å². The van der Waals surface area contributed by atoms with Crippen LogP contribution in [0.2, 0.25) is 10.0 Å². The first-order chi connectivity index (χ1) is 21.8. The largest absolute Gasteiger partial charge is 0.481 e. The Labute approximate surface area is 276 Å². The molecular formula is C33H44Cl2N6O4. The Bertz CT molecular complexity index is 1330. The molecule has 1 saturated heterocycles. The molecule has 45 heavy (non-hydrogen) atoms. The molecule has 3 heterocycles. The van der Waals surface area contributed by atoms with Gasteiger partial charge in [0, 0.05) is 67.3 Å². The van der Waals surface area contributed by atoms with Crippen LogP contribution in [0.15, 0.2) is 52.3 Å². The summed E-state index contributed by atoms with van der Waals surface area (Å²) in [5, 5.41) is 13.2. The summed E-state index contributed by atoms with van der Waals surface area (Å²) in [7, 11) is 3.72. The molecule has 2 aromatic rings. The van der Waals surface area contributed by atoms with Crippen molar-refractivity contribution < 1.29 is 19.4 Å². The number of hydrogen-bond acceptors (Lipinski definition) is 9. The second-order valence-electron chi connectivity index (χ2n) is 11.7. The van der Waals surface area contributed by atoms with Crippen LogP contribution in [0.25, 0.3) is 11.3 Å². The lowest BCUT2D eigenvalue weighted by molar-refractivity contribution is -0.137. The van der Waals surface area contributed by atoms with Crippen molar-refractivity contribution in [3.05, 3.63) is 57.9 Å². The number of benzene rings is 1. The van der Waals surface area contributed by atoms with E-state index < -0.39 is 5.97 Å². The highest BCUT2D eigenvalue weighted by atomic mass is 35.5. The standard InChI is InChI=1S/C33H44Cl2N6O4/c1-40(10-8-33(42)43)29-5-3-4-9-36-19-30(20-38-23-37-18-29)45-32-14-25(21-41-11-6-24(7-12-41)22-44-2)13-31(39-32)26-15-27(34)17-28(35)16-26/h13-17,19-20,23-24,29H,3-12,18,21-22H2,1-2H3,(H,37,38)(H,42,43)/b30-20+,36-19?. The zero-order valence-corrected chi connectivity index (χ0v) is 27.6. The van der Waals surface area contributed by atoms with Gasteiger partial charge in [-0.1, -0.05) is 23.2 Å². The minimum absolute atomic E-state index is 0.108. The van der Waals surface area contributed by atoms with E-state index in [-0.39, 0.29) is 12.5 Å². The van der Waals surface area contributed by atoms with Crippen molar-refractivity contribution in [3.63, 3.8) is 0 Å². The van der Waals surface area contributed by atoms with Crippen LogP contribution >= 0.6 is 23.2 Å². The Morgan fingerprint density at radius 1 is 1.09 bits per heavy atom. The maximum Gasteiger partial charge on any atom is 0.304 e. The van der Waals surface area contributed by atoms with Crippen LogP contribution in [0.1, 0.15) is 44.1 Å². The molecule has 2 aliphatic heterocycles. The number of carbonyl (C=O) groups is 1. The van der Waals surface area contributed by atoms with Crippen LogP contribution in [-0.2, 0) is 16.1 Å². The molecule has 0 saturated carbocycles. The molecule has 1 atom stereocenters. The second-order valence-corrected chi connectivity index (χ2v) is 12.5. The first kappa shape index (κ1) is 34.8. The van der Waals surface area contributed by atoms with Gasteiger partial charge in [-0.3, -0.25) is 19.7 Å². The highest BCUT2D eigenvalue weighted by molar-refractivity contribution is 6.35. The topological polar surface area (TPSA) is 112 Å². The van der Waals surface area contributed by atoms with Gasteiger partial charge < -0.3 is 24.8 Å². The molecular weight excluding hydrogens is 615 g/mol. The average molecular weight is 660 g/mol. The highest BCUT2D eigenvalue weighted by Crippen LogP contribution is 2.30. The zero-order chi connectivity index (χ0) is 32.0. The molecule has 2 N–H and O–H groups in total. The Hall–Kier alpha value is -3.02. The van der Waals surface area contributed by atoms with Crippen LogP contribution in [-0.4, -0.2) is 97.9 Å². The third-order valence-corrected chi connectivity index (χ3v) is 8.50. The number of piperidine rings is 1. The zero-order valence-electron chi connectivity index (χ0n) is 26.1. The van der Waals surface area contributed by atoms with Crippen molar-refractivity contribution in [1.82, 2.24) is 20.1 Å². The third kappa shape index (κ3) is 12.0. The normalized spacial score (nSPS) is 20.0. The van der Waals surface area contributed by atoms with E-state index in [0.717, 1.165) is 75.2 Å². The number of nitrogens with zero attached hydrogens (tertiary/aromatic N) is 5. The fraction of sp³-hybridized carbons (Fsp3) is 0.515. The number of nitrogens with one attached hydrogen (secondary N) is 1. The number of carboxylic acid groups (broad SMARTS) is 1. The number of allylic oxidation sites excluding steroid dienone is 1. The molecule has 1 unspecified atom stereocenters. The van der Waals surface area contributed by atoms with Gasteiger partial charge in [0.25, 0.3) is 0 Å². The number of methoxy groups -OCH3 is 1. The lowest BCUT2D eigenvalue weighted by Crippen LogP contribution is -2.36. The van der Waals surface area contributed by atoms with E-state index in [0.29, 0.717) is 47.2 Å². The first-order valence-electron chi connectivity index (χ1n) is 15.5. The Kier molecular flexibility index (Phi) is 14.1.